The van der Waals surface area contributed by atoms with Crippen LogP contribution in [-0.2, 0) is 0 Å². The molecule has 1 heterocycles. The Hall–Kier alpha value is 0.0600. The maximum atomic E-state index is 13.6. The third kappa shape index (κ3) is 3.39. The highest BCUT2D eigenvalue weighted by Crippen LogP contribution is 2.39. The molecule has 102 valence electrons. The molecule has 1 atom stereocenters. The Kier molecular flexibility index (Phi) is 5.43. The Labute approximate surface area is 137 Å². The third-order valence-corrected chi connectivity index (χ3v) is 6.37. The first kappa shape index (κ1) is 15.4. The zero-order chi connectivity index (χ0) is 14.0. The molecule has 2 aromatic rings. The Morgan fingerprint density at radius 3 is 2.74 bits per heavy atom. The van der Waals surface area contributed by atoms with Crippen LogP contribution in [0.5, 0.6) is 0 Å². The molecule has 0 fully saturated rings. The van der Waals surface area contributed by atoms with Gasteiger partial charge in [-0.25, -0.2) is 4.39 Å². The van der Waals surface area contributed by atoms with E-state index in [4.69, 9.17) is 11.6 Å². The molecule has 1 aromatic heterocycles. The van der Waals surface area contributed by atoms with Gasteiger partial charge in [-0.2, -0.15) is 0 Å². The lowest BCUT2D eigenvalue weighted by atomic mass is 10.1. The molecule has 0 aliphatic carbocycles. The molecule has 0 aliphatic heterocycles. The van der Waals surface area contributed by atoms with Crippen molar-refractivity contribution in [3.8, 4) is 0 Å². The molecular formula is C13H11Br2ClFNS. The molecule has 6 heteroatoms. The number of hydrogen-bond donors (Lipinski definition) is 1. The van der Waals surface area contributed by atoms with E-state index >= 15 is 0 Å². The molecule has 1 aromatic carbocycles. The molecule has 0 aliphatic rings. The van der Waals surface area contributed by atoms with Gasteiger partial charge in [0.25, 0.3) is 0 Å². The number of rotatable bonds is 4. The van der Waals surface area contributed by atoms with E-state index in [1.807, 2.05) is 19.1 Å². The van der Waals surface area contributed by atoms with Crippen LogP contribution in [0.15, 0.2) is 32.5 Å². The Morgan fingerprint density at radius 1 is 1.42 bits per heavy atom. The zero-order valence-corrected chi connectivity index (χ0v) is 14.8. The fourth-order valence-electron chi connectivity index (χ4n) is 1.82. The number of thiophene rings is 1. The van der Waals surface area contributed by atoms with Gasteiger partial charge in [-0.05, 0) is 56.1 Å². The van der Waals surface area contributed by atoms with E-state index in [-0.39, 0.29) is 11.1 Å². The normalized spacial score (nSPS) is 12.7. The van der Waals surface area contributed by atoms with Crippen molar-refractivity contribution in [1.82, 2.24) is 5.32 Å². The van der Waals surface area contributed by atoms with Crippen LogP contribution in [0.2, 0.25) is 5.02 Å². The molecule has 1 nitrogen and oxygen atoms in total. The summed E-state index contributed by atoms with van der Waals surface area (Å²) in [6, 6.07) is 6.80. The summed E-state index contributed by atoms with van der Waals surface area (Å²) in [7, 11) is 0. The predicted molar refractivity (Wildman–Crippen MR) is 86.6 cm³/mol. The molecule has 0 bridgehead atoms. The molecule has 19 heavy (non-hydrogen) atoms. The van der Waals surface area contributed by atoms with E-state index in [1.165, 1.54) is 6.07 Å². The first-order valence-electron chi connectivity index (χ1n) is 5.66. The summed E-state index contributed by atoms with van der Waals surface area (Å²) in [5.74, 6) is -0.392. The largest absolute Gasteiger partial charge is 0.306 e. The molecule has 0 saturated carbocycles. The van der Waals surface area contributed by atoms with Crippen LogP contribution in [0.25, 0.3) is 0 Å². The van der Waals surface area contributed by atoms with Crippen molar-refractivity contribution in [3.05, 3.63) is 53.8 Å². The maximum Gasteiger partial charge on any atom is 0.142 e. The Morgan fingerprint density at radius 2 is 2.16 bits per heavy atom. The van der Waals surface area contributed by atoms with Crippen LogP contribution < -0.4 is 5.32 Å². The number of halogens is 4. The quantitative estimate of drug-likeness (QED) is 0.654. The second kappa shape index (κ2) is 6.68. The first-order valence-corrected chi connectivity index (χ1v) is 8.44. The number of benzene rings is 1. The second-order valence-corrected chi connectivity index (χ2v) is 7.54. The summed E-state index contributed by atoms with van der Waals surface area (Å²) in [5, 5.41) is 3.52. The lowest BCUT2D eigenvalue weighted by molar-refractivity contribution is 0.607. The summed E-state index contributed by atoms with van der Waals surface area (Å²) in [5.41, 5.74) is 0.754. The summed E-state index contributed by atoms with van der Waals surface area (Å²) >= 11 is 14.6. The van der Waals surface area contributed by atoms with Crippen molar-refractivity contribution in [2.24, 2.45) is 0 Å². The summed E-state index contributed by atoms with van der Waals surface area (Å²) < 4.78 is 15.6. The summed E-state index contributed by atoms with van der Waals surface area (Å²) in [6.45, 7) is 2.78. The Balaban J connectivity index is 2.48. The minimum Gasteiger partial charge on any atom is -0.306 e. The van der Waals surface area contributed by atoms with Crippen LogP contribution >= 0.6 is 54.8 Å². The molecule has 0 spiro atoms. The molecule has 1 unspecified atom stereocenters. The predicted octanol–water partition coefficient (Wildman–Crippen LogP) is 5.76. The van der Waals surface area contributed by atoms with Crippen molar-refractivity contribution < 1.29 is 4.39 Å². The van der Waals surface area contributed by atoms with Gasteiger partial charge in [0, 0.05) is 9.35 Å². The van der Waals surface area contributed by atoms with Gasteiger partial charge in [-0.1, -0.05) is 30.7 Å². The minimum absolute atomic E-state index is 0.110. The average molecular weight is 428 g/mol. The van der Waals surface area contributed by atoms with E-state index in [1.54, 1.807) is 17.4 Å². The van der Waals surface area contributed by atoms with Gasteiger partial charge >= 0.3 is 0 Å². The van der Waals surface area contributed by atoms with Crippen LogP contribution in [-0.4, -0.2) is 6.54 Å². The monoisotopic (exact) mass is 425 g/mol. The molecule has 0 saturated heterocycles. The van der Waals surface area contributed by atoms with E-state index in [0.29, 0.717) is 0 Å². The van der Waals surface area contributed by atoms with Gasteiger partial charge in [0.1, 0.15) is 5.82 Å². The van der Waals surface area contributed by atoms with Gasteiger partial charge in [-0.15, -0.1) is 11.3 Å². The van der Waals surface area contributed by atoms with Gasteiger partial charge in [0.2, 0.25) is 0 Å². The van der Waals surface area contributed by atoms with Crippen LogP contribution in [0, 0.1) is 5.82 Å². The van der Waals surface area contributed by atoms with E-state index < -0.39 is 5.82 Å². The molecule has 0 radical (unpaired) electrons. The fraction of sp³-hybridized carbons (Fsp3) is 0.231. The number of nitrogens with one attached hydrogen (secondary N) is 1. The average Bonchev–Trinajstić information content (AvgIpc) is 2.70. The van der Waals surface area contributed by atoms with Gasteiger partial charge in [-0.3, -0.25) is 0 Å². The summed E-state index contributed by atoms with van der Waals surface area (Å²) in [4.78, 5) is 1.08. The topological polar surface area (TPSA) is 12.0 Å². The highest BCUT2D eigenvalue weighted by Gasteiger charge is 2.20. The van der Waals surface area contributed by atoms with E-state index in [2.05, 4.69) is 37.2 Å². The van der Waals surface area contributed by atoms with E-state index in [0.717, 1.165) is 25.2 Å². The van der Waals surface area contributed by atoms with Gasteiger partial charge in [0.15, 0.2) is 0 Å². The van der Waals surface area contributed by atoms with Crippen molar-refractivity contribution >= 4 is 54.8 Å². The highest BCUT2D eigenvalue weighted by molar-refractivity contribution is 9.13. The van der Waals surface area contributed by atoms with Crippen molar-refractivity contribution in [1.29, 1.82) is 0 Å². The first-order chi connectivity index (χ1) is 9.04. The standard InChI is InChI=1S/C13H11Br2ClFNS/c1-2-18-12(10-6-8(14)13(15)19-10)7-4-3-5-9(17)11(7)16/h3-6,12,18H,2H2,1H3. The third-order valence-electron chi connectivity index (χ3n) is 2.65. The highest BCUT2D eigenvalue weighted by atomic mass is 79.9. The Bertz CT molecular complexity index is 569. The van der Waals surface area contributed by atoms with Crippen molar-refractivity contribution in [3.63, 3.8) is 0 Å². The minimum atomic E-state index is -0.392. The van der Waals surface area contributed by atoms with Crippen LogP contribution in [0.3, 0.4) is 0 Å². The number of hydrogen-bond acceptors (Lipinski definition) is 2. The van der Waals surface area contributed by atoms with Gasteiger partial charge in [0.05, 0.1) is 14.9 Å². The molecular weight excluding hydrogens is 416 g/mol. The fourth-order valence-corrected chi connectivity index (χ4v) is 4.24. The maximum absolute atomic E-state index is 13.6. The second-order valence-electron chi connectivity index (χ2n) is 3.90. The van der Waals surface area contributed by atoms with E-state index in [9.17, 15) is 4.39 Å². The van der Waals surface area contributed by atoms with Crippen molar-refractivity contribution in [2.45, 2.75) is 13.0 Å². The van der Waals surface area contributed by atoms with Crippen LogP contribution in [0.1, 0.15) is 23.4 Å². The summed E-state index contributed by atoms with van der Waals surface area (Å²) in [6.07, 6.45) is 0. The lowest BCUT2D eigenvalue weighted by Crippen LogP contribution is -2.21. The lowest BCUT2D eigenvalue weighted by Gasteiger charge is -2.18. The van der Waals surface area contributed by atoms with Crippen LogP contribution in [0.4, 0.5) is 4.39 Å². The smallest absolute Gasteiger partial charge is 0.142 e. The SMILES string of the molecule is CCNC(c1cc(Br)c(Br)s1)c1cccc(F)c1Cl. The molecule has 2 rings (SSSR count). The molecule has 1 N–H and O–H groups in total. The molecule has 0 amide bonds. The van der Waals surface area contributed by atoms with Crippen molar-refractivity contribution in [2.75, 3.05) is 6.54 Å². The van der Waals surface area contributed by atoms with Gasteiger partial charge < -0.3 is 5.32 Å². The zero-order valence-electron chi connectivity index (χ0n) is 10.0.